The number of methoxy groups -OCH3 is 3. The number of rotatable bonds is 7. The molecule has 1 aromatic carbocycles. The topological polar surface area (TPSA) is 60.0 Å². The Morgan fingerprint density at radius 2 is 1.84 bits per heavy atom. The molecule has 1 aliphatic heterocycles. The van der Waals surface area contributed by atoms with Gasteiger partial charge in [-0.3, -0.25) is 0 Å². The molecule has 0 saturated carbocycles. The Morgan fingerprint density at radius 3 is 2.40 bits per heavy atom. The first-order valence-corrected chi connectivity index (χ1v) is 8.97. The second-order valence-electron chi connectivity index (χ2n) is 6.27. The van der Waals surface area contributed by atoms with E-state index in [-0.39, 0.29) is 6.03 Å². The fourth-order valence-corrected chi connectivity index (χ4v) is 3.39. The fraction of sp³-hybridized carbons (Fsp3) is 0.632. The molecular formula is C19H30N2O4. The Balaban J connectivity index is 1.96. The lowest BCUT2D eigenvalue weighted by molar-refractivity contribution is 0.149. The number of urea groups is 1. The highest BCUT2D eigenvalue weighted by atomic mass is 16.5. The van der Waals surface area contributed by atoms with Gasteiger partial charge < -0.3 is 24.4 Å². The quantitative estimate of drug-likeness (QED) is 0.820. The van der Waals surface area contributed by atoms with Crippen molar-refractivity contribution in [1.82, 2.24) is 10.2 Å². The molecule has 0 bridgehead atoms. The number of ether oxygens (including phenoxy) is 3. The lowest BCUT2D eigenvalue weighted by Crippen LogP contribution is -2.48. The molecule has 6 heteroatoms. The average Bonchev–Trinajstić information content (AvgIpc) is 2.66. The van der Waals surface area contributed by atoms with Crippen molar-refractivity contribution in [3.05, 3.63) is 17.7 Å². The Labute approximate surface area is 150 Å². The van der Waals surface area contributed by atoms with Gasteiger partial charge in [0.05, 0.1) is 21.3 Å². The third-order valence-electron chi connectivity index (χ3n) is 4.77. The van der Waals surface area contributed by atoms with Crippen LogP contribution in [0.2, 0.25) is 0 Å². The number of benzene rings is 1. The number of carbonyl (C=O) groups is 1. The molecular weight excluding hydrogens is 320 g/mol. The number of hydrogen-bond donors (Lipinski definition) is 1. The largest absolute Gasteiger partial charge is 0.493 e. The minimum atomic E-state index is 0.0407. The van der Waals surface area contributed by atoms with Crippen molar-refractivity contribution in [2.45, 2.75) is 45.1 Å². The molecule has 0 radical (unpaired) electrons. The van der Waals surface area contributed by atoms with E-state index in [4.69, 9.17) is 14.2 Å². The SMILES string of the molecule is CCC1CCCCN1C(=O)NCCc1cc(OC)c(OC)c(OC)c1. The standard InChI is InChI=1S/C19H30N2O4/c1-5-15-8-6-7-11-21(15)19(22)20-10-9-14-12-16(23-2)18(25-4)17(13-14)24-3/h12-13,15H,5-11H2,1-4H3,(H,20,22). The summed E-state index contributed by atoms with van der Waals surface area (Å²) in [6.45, 7) is 3.57. The maximum absolute atomic E-state index is 12.4. The highest BCUT2D eigenvalue weighted by Gasteiger charge is 2.24. The van der Waals surface area contributed by atoms with Crippen LogP contribution in [0.5, 0.6) is 17.2 Å². The third kappa shape index (κ3) is 4.71. The Morgan fingerprint density at radius 1 is 1.16 bits per heavy atom. The number of nitrogens with one attached hydrogen (secondary N) is 1. The van der Waals surface area contributed by atoms with Gasteiger partial charge in [-0.1, -0.05) is 6.92 Å². The smallest absolute Gasteiger partial charge is 0.317 e. The van der Waals surface area contributed by atoms with Gasteiger partial charge >= 0.3 is 6.03 Å². The summed E-state index contributed by atoms with van der Waals surface area (Å²) in [4.78, 5) is 14.4. The summed E-state index contributed by atoms with van der Waals surface area (Å²) in [6.07, 6.45) is 5.13. The van der Waals surface area contributed by atoms with Crippen LogP contribution in [-0.2, 0) is 6.42 Å². The van der Waals surface area contributed by atoms with E-state index in [0.717, 1.165) is 31.4 Å². The Hall–Kier alpha value is -2.11. The van der Waals surface area contributed by atoms with Gasteiger partial charge in [-0.2, -0.15) is 0 Å². The molecule has 2 amide bonds. The van der Waals surface area contributed by atoms with E-state index in [9.17, 15) is 4.79 Å². The van der Waals surface area contributed by atoms with Gasteiger partial charge in [0.15, 0.2) is 11.5 Å². The van der Waals surface area contributed by atoms with E-state index in [1.807, 2.05) is 17.0 Å². The summed E-state index contributed by atoms with van der Waals surface area (Å²) in [5.41, 5.74) is 1.03. The zero-order valence-corrected chi connectivity index (χ0v) is 15.8. The van der Waals surface area contributed by atoms with E-state index in [1.165, 1.54) is 6.42 Å². The van der Waals surface area contributed by atoms with Crippen LogP contribution < -0.4 is 19.5 Å². The Kier molecular flexibility index (Phi) is 7.22. The monoisotopic (exact) mass is 350 g/mol. The van der Waals surface area contributed by atoms with Gasteiger partial charge in [0.2, 0.25) is 5.75 Å². The molecule has 6 nitrogen and oxygen atoms in total. The summed E-state index contributed by atoms with van der Waals surface area (Å²) in [5, 5.41) is 3.04. The van der Waals surface area contributed by atoms with Crippen LogP contribution in [0.25, 0.3) is 0 Å². The molecule has 0 aromatic heterocycles. The van der Waals surface area contributed by atoms with Crippen LogP contribution in [0, 0.1) is 0 Å². The van der Waals surface area contributed by atoms with Crippen LogP contribution in [-0.4, -0.2) is 51.4 Å². The molecule has 1 unspecified atom stereocenters. The lowest BCUT2D eigenvalue weighted by Gasteiger charge is -2.35. The molecule has 2 rings (SSSR count). The summed E-state index contributed by atoms with van der Waals surface area (Å²) < 4.78 is 16.1. The number of piperidine rings is 1. The van der Waals surface area contributed by atoms with Crippen molar-refractivity contribution < 1.29 is 19.0 Å². The first-order chi connectivity index (χ1) is 12.1. The summed E-state index contributed by atoms with van der Waals surface area (Å²) >= 11 is 0. The van der Waals surface area contributed by atoms with E-state index in [0.29, 0.717) is 36.3 Å². The zero-order valence-electron chi connectivity index (χ0n) is 15.8. The minimum Gasteiger partial charge on any atom is -0.493 e. The number of amides is 2. The first kappa shape index (κ1) is 19.2. The average molecular weight is 350 g/mol. The van der Waals surface area contributed by atoms with Gasteiger partial charge in [0.25, 0.3) is 0 Å². The highest BCUT2D eigenvalue weighted by Crippen LogP contribution is 2.38. The number of likely N-dealkylation sites (tertiary alicyclic amines) is 1. The van der Waals surface area contributed by atoms with E-state index in [1.54, 1.807) is 21.3 Å². The molecule has 140 valence electrons. The van der Waals surface area contributed by atoms with Crippen LogP contribution >= 0.6 is 0 Å². The van der Waals surface area contributed by atoms with Crippen molar-refractivity contribution >= 4 is 6.03 Å². The predicted molar refractivity (Wildman–Crippen MR) is 97.8 cm³/mol. The van der Waals surface area contributed by atoms with Gasteiger partial charge in [0.1, 0.15) is 0 Å². The molecule has 1 N–H and O–H groups in total. The van der Waals surface area contributed by atoms with Crippen molar-refractivity contribution in [3.63, 3.8) is 0 Å². The molecule has 1 aromatic rings. The van der Waals surface area contributed by atoms with Gasteiger partial charge in [0, 0.05) is 19.1 Å². The number of carbonyl (C=O) groups excluding carboxylic acids is 1. The van der Waals surface area contributed by atoms with Crippen molar-refractivity contribution in [2.24, 2.45) is 0 Å². The maximum atomic E-state index is 12.4. The zero-order chi connectivity index (χ0) is 18.2. The minimum absolute atomic E-state index is 0.0407. The molecule has 1 saturated heterocycles. The van der Waals surface area contributed by atoms with Crippen LogP contribution in [0.3, 0.4) is 0 Å². The highest BCUT2D eigenvalue weighted by molar-refractivity contribution is 5.74. The second kappa shape index (κ2) is 9.39. The van der Waals surface area contributed by atoms with Crippen LogP contribution in [0.15, 0.2) is 12.1 Å². The Bertz CT molecular complexity index is 552. The normalized spacial score (nSPS) is 17.1. The van der Waals surface area contributed by atoms with Crippen molar-refractivity contribution in [3.8, 4) is 17.2 Å². The molecule has 1 atom stereocenters. The summed E-state index contributed by atoms with van der Waals surface area (Å²) in [6, 6.07) is 4.25. The number of hydrogen-bond acceptors (Lipinski definition) is 4. The maximum Gasteiger partial charge on any atom is 0.317 e. The van der Waals surface area contributed by atoms with E-state index >= 15 is 0 Å². The van der Waals surface area contributed by atoms with E-state index in [2.05, 4.69) is 12.2 Å². The molecule has 0 spiro atoms. The molecule has 0 aliphatic carbocycles. The van der Waals surface area contributed by atoms with Gasteiger partial charge in [-0.05, 0) is 49.8 Å². The molecule has 1 aliphatic rings. The summed E-state index contributed by atoms with van der Waals surface area (Å²) in [7, 11) is 4.79. The predicted octanol–water partition coefficient (Wildman–Crippen LogP) is 3.23. The van der Waals surface area contributed by atoms with Crippen LogP contribution in [0.4, 0.5) is 4.79 Å². The van der Waals surface area contributed by atoms with Gasteiger partial charge in [-0.25, -0.2) is 4.79 Å². The summed E-state index contributed by atoms with van der Waals surface area (Å²) in [5.74, 6) is 1.84. The number of nitrogens with zero attached hydrogens (tertiary/aromatic N) is 1. The fourth-order valence-electron chi connectivity index (χ4n) is 3.39. The third-order valence-corrected chi connectivity index (χ3v) is 4.77. The molecule has 25 heavy (non-hydrogen) atoms. The first-order valence-electron chi connectivity index (χ1n) is 8.97. The lowest BCUT2D eigenvalue weighted by atomic mass is 10.0. The second-order valence-corrected chi connectivity index (χ2v) is 6.27. The van der Waals surface area contributed by atoms with Crippen molar-refractivity contribution in [2.75, 3.05) is 34.4 Å². The van der Waals surface area contributed by atoms with Crippen LogP contribution in [0.1, 0.15) is 38.2 Å². The molecule has 1 fully saturated rings. The van der Waals surface area contributed by atoms with Gasteiger partial charge in [-0.15, -0.1) is 0 Å². The van der Waals surface area contributed by atoms with Crippen molar-refractivity contribution in [1.29, 1.82) is 0 Å². The van der Waals surface area contributed by atoms with E-state index < -0.39 is 0 Å². The molecule has 1 heterocycles.